The van der Waals surface area contributed by atoms with Crippen LogP contribution in [-0.4, -0.2) is 37.5 Å². The lowest BCUT2D eigenvalue weighted by molar-refractivity contribution is -0.274. The summed E-state index contributed by atoms with van der Waals surface area (Å²) in [5.41, 5.74) is 0. The van der Waals surface area contributed by atoms with Crippen molar-refractivity contribution in [2.24, 2.45) is 0 Å². The van der Waals surface area contributed by atoms with E-state index >= 15 is 0 Å². The number of hydrogen-bond acceptors (Lipinski definition) is 3. The Balaban J connectivity index is 2.55. The second-order valence-electron chi connectivity index (χ2n) is 4.02. The van der Waals surface area contributed by atoms with Gasteiger partial charge in [-0.15, -0.1) is 13.2 Å². The first-order valence-electron chi connectivity index (χ1n) is 6.26. The molecule has 1 aromatic rings. The third-order valence-corrected chi connectivity index (χ3v) is 3.32. The van der Waals surface area contributed by atoms with Gasteiger partial charge < -0.3 is 14.4 Å². The van der Waals surface area contributed by atoms with E-state index < -0.39 is 6.36 Å². The number of benzene rings is 1. The van der Waals surface area contributed by atoms with Gasteiger partial charge in [-0.05, 0) is 47.2 Å². The number of nitrogens with zero attached hydrogens (tertiary/aromatic N) is 1. The van der Waals surface area contributed by atoms with Gasteiger partial charge in [0.2, 0.25) is 0 Å². The molecule has 0 bridgehead atoms. The molecule has 3 nitrogen and oxygen atoms in total. The predicted octanol–water partition coefficient (Wildman–Crippen LogP) is 4.07. The molecule has 0 radical (unpaired) electrons. The highest BCUT2D eigenvalue weighted by Gasteiger charge is 2.31. The third-order valence-electron chi connectivity index (χ3n) is 2.70. The normalized spacial score (nSPS) is 11.8. The fourth-order valence-corrected chi connectivity index (χ4v) is 2.05. The summed E-state index contributed by atoms with van der Waals surface area (Å²) in [4.78, 5) is 2.19. The summed E-state index contributed by atoms with van der Waals surface area (Å²) in [5, 5.41) is 0. The van der Waals surface area contributed by atoms with E-state index in [9.17, 15) is 13.2 Å². The molecule has 0 saturated carbocycles. The molecule has 0 saturated heterocycles. The van der Waals surface area contributed by atoms with Crippen molar-refractivity contribution in [2.45, 2.75) is 20.2 Å². The first-order valence-corrected chi connectivity index (χ1v) is 7.05. The van der Waals surface area contributed by atoms with E-state index in [4.69, 9.17) is 4.74 Å². The number of alkyl halides is 3. The minimum atomic E-state index is -4.70. The Morgan fingerprint density at radius 2 is 1.85 bits per heavy atom. The summed E-state index contributed by atoms with van der Waals surface area (Å²) in [6.07, 6.45) is -4.70. The van der Waals surface area contributed by atoms with Gasteiger partial charge in [0.1, 0.15) is 18.1 Å². The molecule has 0 atom stereocenters. The fourth-order valence-electron chi connectivity index (χ4n) is 1.61. The molecule has 0 heterocycles. The Hall–Kier alpha value is -0.950. The van der Waals surface area contributed by atoms with Gasteiger partial charge in [-0.3, -0.25) is 0 Å². The van der Waals surface area contributed by atoms with E-state index in [0.29, 0.717) is 12.4 Å². The average molecular weight is 356 g/mol. The maximum absolute atomic E-state index is 12.1. The topological polar surface area (TPSA) is 21.7 Å². The van der Waals surface area contributed by atoms with Crippen LogP contribution in [-0.2, 0) is 0 Å². The van der Waals surface area contributed by atoms with Gasteiger partial charge in [0.15, 0.2) is 0 Å². The van der Waals surface area contributed by atoms with Crippen molar-refractivity contribution in [1.82, 2.24) is 4.90 Å². The summed E-state index contributed by atoms with van der Waals surface area (Å²) >= 11 is 3.03. The molecule has 0 aliphatic rings. The largest absolute Gasteiger partial charge is 0.573 e. The molecule has 0 aliphatic heterocycles. The van der Waals surface area contributed by atoms with E-state index in [1.807, 2.05) is 0 Å². The van der Waals surface area contributed by atoms with Crippen molar-refractivity contribution in [2.75, 3.05) is 26.2 Å². The number of rotatable bonds is 7. The Bertz CT molecular complexity index is 423. The highest BCUT2D eigenvalue weighted by Crippen LogP contribution is 2.33. The highest BCUT2D eigenvalue weighted by molar-refractivity contribution is 9.10. The van der Waals surface area contributed by atoms with Crippen LogP contribution in [0, 0.1) is 0 Å². The second kappa shape index (κ2) is 7.73. The summed E-state index contributed by atoms with van der Waals surface area (Å²) < 4.78 is 45.9. The summed E-state index contributed by atoms with van der Waals surface area (Å²) in [5.74, 6) is 0.215. The SMILES string of the molecule is CCN(CC)CCOc1ccc(OC(F)(F)F)c(Br)c1. The van der Waals surface area contributed by atoms with Crippen molar-refractivity contribution in [3.8, 4) is 11.5 Å². The molecule has 1 rings (SSSR count). The first-order chi connectivity index (χ1) is 9.35. The minimum absolute atomic E-state index is 0.204. The van der Waals surface area contributed by atoms with E-state index in [2.05, 4.69) is 39.4 Å². The molecule has 20 heavy (non-hydrogen) atoms. The average Bonchev–Trinajstić information content (AvgIpc) is 2.36. The molecule has 0 aromatic heterocycles. The third kappa shape index (κ3) is 6.00. The number of ether oxygens (including phenoxy) is 2. The zero-order valence-corrected chi connectivity index (χ0v) is 12.9. The standard InChI is InChI=1S/C13H17BrF3NO2/c1-3-18(4-2)7-8-19-10-5-6-12(11(14)9-10)20-13(15,16)17/h5-6,9H,3-4,7-8H2,1-2H3. The van der Waals surface area contributed by atoms with Crippen molar-refractivity contribution < 1.29 is 22.6 Å². The maximum atomic E-state index is 12.1. The lowest BCUT2D eigenvalue weighted by Gasteiger charge is -2.18. The van der Waals surface area contributed by atoms with Crippen LogP contribution in [0.5, 0.6) is 11.5 Å². The van der Waals surface area contributed by atoms with Crippen LogP contribution >= 0.6 is 15.9 Å². The molecule has 0 amide bonds. The van der Waals surface area contributed by atoms with Crippen LogP contribution in [0.3, 0.4) is 0 Å². The Labute approximate surface area is 124 Å². The van der Waals surface area contributed by atoms with Crippen molar-refractivity contribution in [3.05, 3.63) is 22.7 Å². The zero-order chi connectivity index (χ0) is 15.2. The number of halogens is 4. The van der Waals surface area contributed by atoms with Crippen LogP contribution in [0.4, 0.5) is 13.2 Å². The molecular weight excluding hydrogens is 339 g/mol. The lowest BCUT2D eigenvalue weighted by Crippen LogP contribution is -2.27. The van der Waals surface area contributed by atoms with Gasteiger partial charge in [-0.2, -0.15) is 0 Å². The Kier molecular flexibility index (Phi) is 6.61. The monoisotopic (exact) mass is 355 g/mol. The van der Waals surface area contributed by atoms with Crippen LogP contribution in [0.15, 0.2) is 22.7 Å². The second-order valence-corrected chi connectivity index (χ2v) is 4.87. The number of hydrogen-bond donors (Lipinski definition) is 0. The molecule has 7 heteroatoms. The van der Waals surface area contributed by atoms with Crippen LogP contribution in [0.25, 0.3) is 0 Å². The van der Waals surface area contributed by atoms with Crippen LogP contribution in [0.1, 0.15) is 13.8 Å². The smallest absolute Gasteiger partial charge is 0.492 e. The maximum Gasteiger partial charge on any atom is 0.573 e. The van der Waals surface area contributed by atoms with Crippen molar-refractivity contribution in [3.63, 3.8) is 0 Å². The van der Waals surface area contributed by atoms with E-state index in [1.165, 1.54) is 18.2 Å². The van der Waals surface area contributed by atoms with Gasteiger partial charge in [-0.25, -0.2) is 0 Å². The zero-order valence-electron chi connectivity index (χ0n) is 11.3. The molecule has 1 aromatic carbocycles. The summed E-state index contributed by atoms with van der Waals surface area (Å²) in [6, 6.07) is 4.14. The predicted molar refractivity (Wildman–Crippen MR) is 74.1 cm³/mol. The highest BCUT2D eigenvalue weighted by atomic mass is 79.9. The first kappa shape index (κ1) is 17.1. The van der Waals surface area contributed by atoms with Crippen molar-refractivity contribution >= 4 is 15.9 Å². The molecule has 114 valence electrons. The molecule has 0 unspecified atom stereocenters. The van der Waals surface area contributed by atoms with E-state index in [-0.39, 0.29) is 10.2 Å². The summed E-state index contributed by atoms with van der Waals surface area (Å²) in [7, 11) is 0. The fraction of sp³-hybridized carbons (Fsp3) is 0.538. The van der Waals surface area contributed by atoms with Gasteiger partial charge in [0.25, 0.3) is 0 Å². The number of likely N-dealkylation sites (N-methyl/N-ethyl adjacent to an activating group) is 1. The van der Waals surface area contributed by atoms with Gasteiger partial charge in [-0.1, -0.05) is 13.8 Å². The summed E-state index contributed by atoms with van der Waals surface area (Å²) in [6.45, 7) is 7.23. The molecular formula is C13H17BrF3NO2. The molecule has 0 spiro atoms. The van der Waals surface area contributed by atoms with Gasteiger partial charge >= 0.3 is 6.36 Å². The minimum Gasteiger partial charge on any atom is -0.492 e. The molecule has 0 aliphatic carbocycles. The van der Waals surface area contributed by atoms with Gasteiger partial charge in [0, 0.05) is 6.54 Å². The quantitative estimate of drug-likeness (QED) is 0.735. The Morgan fingerprint density at radius 3 is 2.35 bits per heavy atom. The van der Waals surface area contributed by atoms with Crippen LogP contribution in [0.2, 0.25) is 0 Å². The van der Waals surface area contributed by atoms with Crippen LogP contribution < -0.4 is 9.47 Å². The van der Waals surface area contributed by atoms with E-state index in [1.54, 1.807) is 0 Å². The molecule has 0 fully saturated rings. The Morgan fingerprint density at radius 1 is 1.20 bits per heavy atom. The van der Waals surface area contributed by atoms with Gasteiger partial charge in [0.05, 0.1) is 4.47 Å². The lowest BCUT2D eigenvalue weighted by atomic mass is 10.3. The van der Waals surface area contributed by atoms with Crippen molar-refractivity contribution in [1.29, 1.82) is 0 Å². The molecule has 0 N–H and O–H groups in total. The van der Waals surface area contributed by atoms with E-state index in [0.717, 1.165) is 19.6 Å².